The molecular weight excluding hydrogens is 192 g/mol. The molecule has 80 valence electrons. The van der Waals surface area contributed by atoms with E-state index in [4.69, 9.17) is 0 Å². The second-order valence-corrected chi connectivity index (χ2v) is 6.55. The first-order valence-corrected chi connectivity index (χ1v) is 6.08. The number of carbonyl (C=O) groups excluding carboxylic acids is 1. The zero-order valence-electron chi connectivity index (χ0n) is 9.59. The summed E-state index contributed by atoms with van der Waals surface area (Å²) in [7, 11) is 0. The summed E-state index contributed by atoms with van der Waals surface area (Å²) >= 11 is 1.50. The molecule has 0 bridgehead atoms. The zero-order valence-corrected chi connectivity index (χ0v) is 10.4. The second-order valence-electron chi connectivity index (χ2n) is 4.72. The first-order chi connectivity index (χ1) is 6.42. The van der Waals surface area contributed by atoms with Gasteiger partial charge in [-0.3, -0.25) is 4.79 Å². The van der Waals surface area contributed by atoms with Gasteiger partial charge in [-0.25, -0.2) is 0 Å². The maximum absolute atomic E-state index is 11.1. The van der Waals surface area contributed by atoms with E-state index in [-0.39, 0.29) is 9.86 Å². The molecule has 14 heavy (non-hydrogen) atoms. The minimum absolute atomic E-state index is 0.100. The highest BCUT2D eigenvalue weighted by molar-refractivity contribution is 8.14. The van der Waals surface area contributed by atoms with Gasteiger partial charge in [0.05, 0.1) is 0 Å². The van der Waals surface area contributed by atoms with Crippen LogP contribution in [0.2, 0.25) is 0 Å². The van der Waals surface area contributed by atoms with Crippen LogP contribution in [0.5, 0.6) is 0 Å². The first-order valence-electron chi connectivity index (χ1n) is 5.27. The first kappa shape index (κ1) is 11.8. The topological polar surface area (TPSA) is 17.1 Å². The molecule has 0 aromatic rings. The van der Waals surface area contributed by atoms with E-state index in [1.165, 1.54) is 30.2 Å². The number of carbonyl (C=O) groups is 1. The molecule has 0 heterocycles. The molecule has 2 heteroatoms. The summed E-state index contributed by atoms with van der Waals surface area (Å²) in [5, 5.41) is 0.237. The van der Waals surface area contributed by atoms with Gasteiger partial charge < -0.3 is 0 Å². The Bertz CT molecular complexity index is 253. The lowest BCUT2D eigenvalue weighted by atomic mass is 9.82. The van der Waals surface area contributed by atoms with Crippen LogP contribution in [0.4, 0.5) is 0 Å². The van der Waals surface area contributed by atoms with E-state index in [1.54, 1.807) is 6.92 Å². The van der Waals surface area contributed by atoms with Crippen molar-refractivity contribution in [1.29, 1.82) is 0 Å². The highest BCUT2D eigenvalue weighted by Gasteiger charge is 2.31. The van der Waals surface area contributed by atoms with Gasteiger partial charge in [0.2, 0.25) is 0 Å². The fraction of sp³-hybridized carbons (Fsp3) is 0.750. The monoisotopic (exact) mass is 212 g/mol. The maximum Gasteiger partial charge on any atom is 0.186 e. The van der Waals surface area contributed by atoms with E-state index in [0.717, 1.165) is 6.42 Å². The molecule has 1 unspecified atom stereocenters. The average Bonchev–Trinajstić information content (AvgIpc) is 2.02. The number of hydrogen-bond donors (Lipinski definition) is 0. The van der Waals surface area contributed by atoms with Crippen molar-refractivity contribution in [1.82, 2.24) is 0 Å². The summed E-state index contributed by atoms with van der Waals surface area (Å²) in [5.41, 5.74) is 1.50. The number of rotatable bonds is 2. The van der Waals surface area contributed by atoms with Crippen molar-refractivity contribution in [2.45, 2.75) is 51.7 Å². The van der Waals surface area contributed by atoms with Gasteiger partial charge in [0, 0.05) is 11.7 Å². The van der Waals surface area contributed by atoms with Gasteiger partial charge in [-0.2, -0.15) is 0 Å². The Hall–Kier alpha value is -0.240. The van der Waals surface area contributed by atoms with Crippen LogP contribution >= 0.6 is 11.8 Å². The number of thioether (sulfide) groups is 1. The molecule has 0 radical (unpaired) electrons. The van der Waals surface area contributed by atoms with E-state index < -0.39 is 0 Å². The van der Waals surface area contributed by atoms with Crippen LogP contribution in [0.25, 0.3) is 0 Å². The molecule has 1 aliphatic rings. The Morgan fingerprint density at radius 2 is 2.21 bits per heavy atom. The third kappa shape index (κ3) is 3.16. The lowest BCUT2D eigenvalue weighted by Crippen LogP contribution is -2.29. The molecule has 0 aromatic carbocycles. The van der Waals surface area contributed by atoms with Crippen LogP contribution in [0.3, 0.4) is 0 Å². The fourth-order valence-electron chi connectivity index (χ4n) is 2.05. The largest absolute Gasteiger partial charge is 0.288 e. The third-order valence-electron chi connectivity index (χ3n) is 3.03. The van der Waals surface area contributed by atoms with Crippen molar-refractivity contribution < 1.29 is 4.79 Å². The van der Waals surface area contributed by atoms with Crippen molar-refractivity contribution in [3.63, 3.8) is 0 Å². The minimum atomic E-state index is 0.100. The predicted molar refractivity (Wildman–Crippen MR) is 63.4 cm³/mol. The SMILES string of the molecule is CC(=O)SC(C)(C)C1CC=C(C)CC1. The van der Waals surface area contributed by atoms with Crippen molar-refractivity contribution in [3.05, 3.63) is 11.6 Å². The van der Waals surface area contributed by atoms with E-state index in [2.05, 4.69) is 26.8 Å². The summed E-state index contributed by atoms with van der Waals surface area (Å²) in [4.78, 5) is 11.1. The lowest BCUT2D eigenvalue weighted by Gasteiger charge is -2.34. The van der Waals surface area contributed by atoms with Crippen LogP contribution in [0.1, 0.15) is 47.0 Å². The van der Waals surface area contributed by atoms with Gasteiger partial charge in [-0.1, -0.05) is 23.4 Å². The summed E-state index contributed by atoms with van der Waals surface area (Å²) in [6, 6.07) is 0. The van der Waals surface area contributed by atoms with Gasteiger partial charge in [0.1, 0.15) is 0 Å². The second kappa shape index (κ2) is 4.52. The quantitative estimate of drug-likeness (QED) is 0.648. The lowest BCUT2D eigenvalue weighted by molar-refractivity contribution is -0.109. The number of allylic oxidation sites excluding steroid dienone is 2. The molecule has 0 fully saturated rings. The molecule has 0 amide bonds. The summed E-state index contributed by atoms with van der Waals surface area (Å²) < 4.78 is 0.100. The van der Waals surface area contributed by atoms with E-state index in [1.807, 2.05) is 0 Å². The Morgan fingerprint density at radius 1 is 1.57 bits per heavy atom. The zero-order chi connectivity index (χ0) is 10.8. The van der Waals surface area contributed by atoms with Crippen molar-refractivity contribution >= 4 is 16.9 Å². The molecule has 0 saturated carbocycles. The Morgan fingerprint density at radius 3 is 2.64 bits per heavy atom. The van der Waals surface area contributed by atoms with Gasteiger partial charge in [0.25, 0.3) is 0 Å². The Kier molecular flexibility index (Phi) is 3.82. The summed E-state index contributed by atoms with van der Waals surface area (Å²) in [6.07, 6.45) is 5.90. The van der Waals surface area contributed by atoms with Crippen LogP contribution in [0, 0.1) is 5.92 Å². The average molecular weight is 212 g/mol. The van der Waals surface area contributed by atoms with Crippen LogP contribution in [-0.2, 0) is 4.79 Å². The highest BCUT2D eigenvalue weighted by atomic mass is 32.2. The predicted octanol–water partition coefficient (Wildman–Crippen LogP) is 3.79. The van der Waals surface area contributed by atoms with Crippen molar-refractivity contribution in [2.24, 2.45) is 5.92 Å². The highest BCUT2D eigenvalue weighted by Crippen LogP contribution is 2.40. The molecule has 1 atom stereocenters. The summed E-state index contributed by atoms with van der Waals surface area (Å²) in [6.45, 7) is 8.24. The molecule has 0 aromatic heterocycles. The molecule has 1 rings (SSSR count). The molecular formula is C12H20OS. The van der Waals surface area contributed by atoms with E-state index in [9.17, 15) is 4.79 Å². The smallest absolute Gasteiger partial charge is 0.186 e. The Balaban J connectivity index is 2.60. The standard InChI is InChI=1S/C12H20OS/c1-9-5-7-11(8-6-9)12(3,4)14-10(2)13/h5,11H,6-8H2,1-4H3. The number of hydrogen-bond acceptors (Lipinski definition) is 2. The van der Waals surface area contributed by atoms with E-state index >= 15 is 0 Å². The molecule has 0 aliphatic heterocycles. The normalized spacial score (nSPS) is 23.1. The molecule has 0 N–H and O–H groups in total. The third-order valence-corrected chi connectivity index (χ3v) is 4.17. The van der Waals surface area contributed by atoms with Crippen LogP contribution < -0.4 is 0 Å². The van der Waals surface area contributed by atoms with Gasteiger partial charge in [-0.05, 0) is 46.0 Å². The summed E-state index contributed by atoms with van der Waals surface area (Å²) in [5.74, 6) is 0.653. The fourth-order valence-corrected chi connectivity index (χ4v) is 3.17. The molecule has 0 spiro atoms. The molecule has 0 saturated heterocycles. The van der Waals surface area contributed by atoms with Crippen LogP contribution in [-0.4, -0.2) is 9.86 Å². The van der Waals surface area contributed by atoms with Crippen LogP contribution in [0.15, 0.2) is 11.6 Å². The van der Waals surface area contributed by atoms with Crippen molar-refractivity contribution in [3.8, 4) is 0 Å². The van der Waals surface area contributed by atoms with Gasteiger partial charge >= 0.3 is 0 Å². The maximum atomic E-state index is 11.1. The molecule has 1 nitrogen and oxygen atoms in total. The van der Waals surface area contributed by atoms with E-state index in [0.29, 0.717) is 5.92 Å². The van der Waals surface area contributed by atoms with Gasteiger partial charge in [0.15, 0.2) is 5.12 Å². The molecule has 1 aliphatic carbocycles. The van der Waals surface area contributed by atoms with Gasteiger partial charge in [-0.15, -0.1) is 0 Å². The van der Waals surface area contributed by atoms with Crippen molar-refractivity contribution in [2.75, 3.05) is 0 Å². The Labute approximate surface area is 91.3 Å². The minimum Gasteiger partial charge on any atom is -0.288 e.